The summed E-state index contributed by atoms with van der Waals surface area (Å²) in [7, 11) is 1.59. The zero-order valence-corrected chi connectivity index (χ0v) is 14.0. The van der Waals surface area contributed by atoms with Crippen LogP contribution < -0.4 is 15.4 Å². The van der Waals surface area contributed by atoms with E-state index in [2.05, 4.69) is 10.6 Å². The number of rotatable bonds is 10. The van der Waals surface area contributed by atoms with Crippen molar-refractivity contribution in [3.05, 3.63) is 29.8 Å². The SMILES string of the molecule is CCNCCNC(=O)CCCC(=O)c1ccc(OC)cc1.Cl. The zero-order chi connectivity index (χ0) is 15.5. The Morgan fingerprint density at radius 1 is 1.09 bits per heavy atom. The highest BCUT2D eigenvalue weighted by Crippen LogP contribution is 2.13. The number of ether oxygens (including phenoxy) is 1. The quantitative estimate of drug-likeness (QED) is 0.510. The minimum Gasteiger partial charge on any atom is -0.497 e. The Labute approximate surface area is 138 Å². The minimum atomic E-state index is -0.00423. The molecule has 0 aliphatic carbocycles. The number of carbonyl (C=O) groups excluding carboxylic acids is 2. The zero-order valence-electron chi connectivity index (χ0n) is 13.2. The predicted octanol–water partition coefficient (Wildman–Crippen LogP) is 2.20. The monoisotopic (exact) mass is 328 g/mol. The van der Waals surface area contributed by atoms with Crippen LogP contribution in [0.1, 0.15) is 36.5 Å². The van der Waals surface area contributed by atoms with Crippen LogP contribution in [-0.4, -0.2) is 38.4 Å². The average Bonchev–Trinajstić information content (AvgIpc) is 2.51. The van der Waals surface area contributed by atoms with E-state index in [0.717, 1.165) is 18.8 Å². The predicted molar refractivity (Wildman–Crippen MR) is 90.0 cm³/mol. The summed E-state index contributed by atoms with van der Waals surface area (Å²) in [5.41, 5.74) is 0.656. The Kier molecular flexibility index (Phi) is 11.1. The third kappa shape index (κ3) is 8.00. The van der Waals surface area contributed by atoms with Gasteiger partial charge in [-0.25, -0.2) is 0 Å². The van der Waals surface area contributed by atoms with E-state index in [1.165, 1.54) is 0 Å². The van der Waals surface area contributed by atoms with E-state index in [9.17, 15) is 9.59 Å². The first-order valence-electron chi connectivity index (χ1n) is 7.32. The molecule has 0 radical (unpaired) electrons. The summed E-state index contributed by atoms with van der Waals surface area (Å²) in [5.74, 6) is 0.778. The lowest BCUT2D eigenvalue weighted by Gasteiger charge is -2.06. The number of ketones is 1. The van der Waals surface area contributed by atoms with Crippen molar-refractivity contribution in [1.29, 1.82) is 0 Å². The van der Waals surface area contributed by atoms with Gasteiger partial charge in [-0.05, 0) is 37.2 Å². The number of hydrogen-bond acceptors (Lipinski definition) is 4. The first kappa shape index (κ1) is 20.4. The first-order chi connectivity index (χ1) is 10.2. The van der Waals surface area contributed by atoms with Crippen molar-refractivity contribution >= 4 is 24.1 Å². The summed E-state index contributed by atoms with van der Waals surface area (Å²) in [5, 5.41) is 5.95. The highest BCUT2D eigenvalue weighted by molar-refractivity contribution is 5.96. The largest absolute Gasteiger partial charge is 0.497 e. The maximum Gasteiger partial charge on any atom is 0.220 e. The average molecular weight is 329 g/mol. The second-order valence-corrected chi connectivity index (χ2v) is 4.71. The van der Waals surface area contributed by atoms with Gasteiger partial charge < -0.3 is 15.4 Å². The van der Waals surface area contributed by atoms with Crippen LogP contribution >= 0.6 is 12.4 Å². The van der Waals surface area contributed by atoms with E-state index in [1.54, 1.807) is 31.4 Å². The number of Topliss-reactive ketones (excluding diaryl/α,β-unsaturated/α-hetero) is 1. The molecular weight excluding hydrogens is 304 g/mol. The van der Waals surface area contributed by atoms with Gasteiger partial charge in [0.1, 0.15) is 5.75 Å². The molecule has 2 N–H and O–H groups in total. The van der Waals surface area contributed by atoms with Crippen LogP contribution in [0, 0.1) is 0 Å². The number of carbonyl (C=O) groups is 2. The summed E-state index contributed by atoms with van der Waals surface area (Å²) in [6.45, 7) is 4.31. The normalized spacial score (nSPS) is 9.73. The summed E-state index contributed by atoms with van der Waals surface area (Å²) >= 11 is 0. The smallest absolute Gasteiger partial charge is 0.220 e. The van der Waals surface area contributed by atoms with Gasteiger partial charge in [0.05, 0.1) is 7.11 Å². The van der Waals surface area contributed by atoms with Crippen LogP contribution in [0.4, 0.5) is 0 Å². The highest BCUT2D eigenvalue weighted by atomic mass is 35.5. The van der Waals surface area contributed by atoms with Gasteiger partial charge in [-0.15, -0.1) is 12.4 Å². The summed E-state index contributed by atoms with van der Waals surface area (Å²) < 4.78 is 5.05. The van der Waals surface area contributed by atoms with Gasteiger partial charge in [-0.3, -0.25) is 9.59 Å². The van der Waals surface area contributed by atoms with Gasteiger partial charge in [0.15, 0.2) is 5.78 Å². The molecule has 0 bridgehead atoms. The van der Waals surface area contributed by atoms with Crippen molar-refractivity contribution in [2.24, 2.45) is 0 Å². The van der Waals surface area contributed by atoms with Crippen molar-refractivity contribution in [2.75, 3.05) is 26.7 Å². The number of hydrogen-bond donors (Lipinski definition) is 2. The van der Waals surface area contributed by atoms with E-state index in [-0.39, 0.29) is 24.1 Å². The lowest BCUT2D eigenvalue weighted by atomic mass is 10.1. The Morgan fingerprint density at radius 3 is 2.36 bits per heavy atom. The van der Waals surface area contributed by atoms with Crippen LogP contribution in [-0.2, 0) is 4.79 Å². The Hall–Kier alpha value is -1.59. The fourth-order valence-corrected chi connectivity index (χ4v) is 1.89. The lowest BCUT2D eigenvalue weighted by Crippen LogP contribution is -2.31. The summed E-state index contributed by atoms with van der Waals surface area (Å²) in [6, 6.07) is 7.02. The highest BCUT2D eigenvalue weighted by Gasteiger charge is 2.07. The third-order valence-corrected chi connectivity index (χ3v) is 3.09. The Balaban J connectivity index is 0.00000441. The van der Waals surface area contributed by atoms with Crippen LogP contribution in [0.2, 0.25) is 0 Å². The number of halogens is 1. The molecule has 1 aromatic carbocycles. The second-order valence-electron chi connectivity index (χ2n) is 4.71. The molecule has 0 saturated carbocycles. The molecule has 22 heavy (non-hydrogen) atoms. The molecule has 0 heterocycles. The molecule has 0 aliphatic rings. The molecule has 0 spiro atoms. The van der Waals surface area contributed by atoms with Gasteiger partial charge in [0, 0.05) is 31.5 Å². The van der Waals surface area contributed by atoms with Gasteiger partial charge in [-0.2, -0.15) is 0 Å². The topological polar surface area (TPSA) is 67.4 Å². The van der Waals surface area contributed by atoms with Gasteiger partial charge in [-0.1, -0.05) is 6.92 Å². The lowest BCUT2D eigenvalue weighted by molar-refractivity contribution is -0.121. The molecule has 1 aromatic rings. The van der Waals surface area contributed by atoms with Crippen LogP contribution in [0.3, 0.4) is 0 Å². The van der Waals surface area contributed by atoms with Crippen molar-refractivity contribution in [2.45, 2.75) is 26.2 Å². The van der Waals surface area contributed by atoms with Crippen molar-refractivity contribution in [3.8, 4) is 5.75 Å². The minimum absolute atomic E-state index is 0. The molecule has 0 aliphatic heterocycles. The van der Waals surface area contributed by atoms with E-state index in [4.69, 9.17) is 4.74 Å². The molecule has 124 valence electrons. The first-order valence-corrected chi connectivity index (χ1v) is 7.32. The molecule has 0 unspecified atom stereocenters. The molecule has 6 heteroatoms. The summed E-state index contributed by atoms with van der Waals surface area (Å²) in [4.78, 5) is 23.5. The van der Waals surface area contributed by atoms with Gasteiger partial charge >= 0.3 is 0 Å². The maximum absolute atomic E-state index is 11.9. The van der Waals surface area contributed by atoms with Crippen molar-refractivity contribution in [1.82, 2.24) is 10.6 Å². The number of methoxy groups -OCH3 is 1. The second kappa shape index (κ2) is 12.0. The standard InChI is InChI=1S/C16H24N2O3.ClH/c1-3-17-11-12-18-16(20)6-4-5-15(19)13-7-9-14(21-2)10-8-13;/h7-10,17H,3-6,11-12H2,1-2H3,(H,18,20);1H. The molecule has 1 rings (SSSR count). The molecule has 5 nitrogen and oxygen atoms in total. The van der Waals surface area contributed by atoms with Crippen LogP contribution in [0.5, 0.6) is 5.75 Å². The molecular formula is C16H25ClN2O3. The van der Waals surface area contributed by atoms with Gasteiger partial charge in [0.2, 0.25) is 5.91 Å². The number of amides is 1. The van der Waals surface area contributed by atoms with Crippen molar-refractivity contribution < 1.29 is 14.3 Å². The molecule has 1 amide bonds. The summed E-state index contributed by atoms with van der Waals surface area (Å²) in [6.07, 6.45) is 1.33. The fourth-order valence-electron chi connectivity index (χ4n) is 1.89. The Morgan fingerprint density at radius 2 is 1.77 bits per heavy atom. The Bertz CT molecular complexity index is 449. The third-order valence-electron chi connectivity index (χ3n) is 3.09. The molecule has 0 fully saturated rings. The fraction of sp³-hybridized carbons (Fsp3) is 0.500. The molecule has 0 aromatic heterocycles. The van der Waals surface area contributed by atoms with E-state index in [1.807, 2.05) is 6.92 Å². The van der Waals surface area contributed by atoms with E-state index in [0.29, 0.717) is 31.4 Å². The van der Waals surface area contributed by atoms with Gasteiger partial charge in [0.25, 0.3) is 0 Å². The van der Waals surface area contributed by atoms with Crippen molar-refractivity contribution in [3.63, 3.8) is 0 Å². The van der Waals surface area contributed by atoms with Crippen LogP contribution in [0.25, 0.3) is 0 Å². The number of nitrogens with one attached hydrogen (secondary N) is 2. The van der Waals surface area contributed by atoms with E-state index >= 15 is 0 Å². The number of likely N-dealkylation sites (N-methyl/N-ethyl adjacent to an activating group) is 1. The van der Waals surface area contributed by atoms with Crippen LogP contribution in [0.15, 0.2) is 24.3 Å². The number of benzene rings is 1. The van der Waals surface area contributed by atoms with E-state index < -0.39 is 0 Å². The maximum atomic E-state index is 11.9. The molecule has 0 atom stereocenters. The molecule has 0 saturated heterocycles.